The first kappa shape index (κ1) is 11.5. The summed E-state index contributed by atoms with van der Waals surface area (Å²) in [4.78, 5) is 15.4. The lowest BCUT2D eigenvalue weighted by molar-refractivity contribution is -0.142. The zero-order valence-corrected chi connectivity index (χ0v) is 9.20. The van der Waals surface area contributed by atoms with Gasteiger partial charge >= 0.3 is 0 Å². The van der Waals surface area contributed by atoms with Crippen molar-refractivity contribution in [2.75, 3.05) is 32.7 Å². The van der Waals surface area contributed by atoms with Crippen molar-refractivity contribution in [2.45, 2.75) is 26.3 Å². The van der Waals surface area contributed by atoms with Gasteiger partial charge in [-0.05, 0) is 19.5 Å². The third-order valence-corrected chi connectivity index (χ3v) is 2.72. The van der Waals surface area contributed by atoms with Crippen molar-refractivity contribution in [3.63, 3.8) is 0 Å². The van der Waals surface area contributed by atoms with Crippen molar-refractivity contribution < 1.29 is 4.79 Å². The van der Waals surface area contributed by atoms with E-state index in [4.69, 9.17) is 5.73 Å². The van der Waals surface area contributed by atoms with Crippen molar-refractivity contribution in [1.29, 1.82) is 0 Å². The minimum Gasteiger partial charge on any atom is -0.338 e. The number of likely N-dealkylation sites (N-methyl/N-ethyl adjacent to an activating group) is 1. The second kappa shape index (κ2) is 5.32. The summed E-state index contributed by atoms with van der Waals surface area (Å²) in [5.74, 6) is 0.109. The molecule has 1 aliphatic heterocycles. The number of hydrogen-bond acceptors (Lipinski definition) is 3. The fourth-order valence-electron chi connectivity index (χ4n) is 1.74. The normalized spacial score (nSPS) is 21.6. The molecule has 1 heterocycles. The van der Waals surface area contributed by atoms with Gasteiger partial charge in [0.1, 0.15) is 6.04 Å². The monoisotopic (exact) mass is 199 g/mol. The Morgan fingerprint density at radius 2 is 2.21 bits per heavy atom. The van der Waals surface area contributed by atoms with Gasteiger partial charge in [0.25, 0.3) is 0 Å². The number of nitrogens with zero attached hydrogens (tertiary/aromatic N) is 2. The average Bonchev–Trinajstić information content (AvgIpc) is 2.21. The molecule has 4 nitrogen and oxygen atoms in total. The molecule has 0 bridgehead atoms. The number of β-lactam (4-membered cyclic amide) rings is 1. The van der Waals surface area contributed by atoms with Crippen LogP contribution in [0, 0.1) is 0 Å². The molecule has 1 rings (SSSR count). The van der Waals surface area contributed by atoms with Crippen LogP contribution in [0.4, 0.5) is 0 Å². The summed E-state index contributed by atoms with van der Waals surface area (Å²) < 4.78 is 0. The summed E-state index contributed by atoms with van der Waals surface area (Å²) in [6, 6.07) is -0.226. The summed E-state index contributed by atoms with van der Waals surface area (Å²) in [5, 5.41) is 0. The van der Waals surface area contributed by atoms with Crippen LogP contribution in [-0.2, 0) is 4.79 Å². The van der Waals surface area contributed by atoms with Crippen molar-refractivity contribution in [1.82, 2.24) is 9.80 Å². The van der Waals surface area contributed by atoms with E-state index in [1.807, 2.05) is 4.90 Å². The van der Waals surface area contributed by atoms with Gasteiger partial charge in [0, 0.05) is 19.6 Å². The highest BCUT2D eigenvalue weighted by Crippen LogP contribution is 2.07. The first-order valence-corrected chi connectivity index (χ1v) is 5.45. The zero-order valence-electron chi connectivity index (χ0n) is 9.20. The van der Waals surface area contributed by atoms with Crippen molar-refractivity contribution in [3.8, 4) is 0 Å². The van der Waals surface area contributed by atoms with E-state index in [2.05, 4.69) is 18.7 Å². The fraction of sp³-hybridized carbons (Fsp3) is 0.900. The molecule has 1 atom stereocenters. The molecule has 1 amide bonds. The number of nitrogens with two attached hydrogens (primary N) is 1. The molecule has 0 radical (unpaired) electrons. The molecule has 1 unspecified atom stereocenters. The summed E-state index contributed by atoms with van der Waals surface area (Å²) in [7, 11) is 0. The van der Waals surface area contributed by atoms with Crippen molar-refractivity contribution >= 4 is 5.91 Å². The van der Waals surface area contributed by atoms with Gasteiger partial charge in [0.15, 0.2) is 0 Å². The Balaban J connectivity index is 2.16. The summed E-state index contributed by atoms with van der Waals surface area (Å²) in [5.41, 5.74) is 5.51. The van der Waals surface area contributed by atoms with Crippen LogP contribution in [0.25, 0.3) is 0 Å². The molecule has 4 heteroatoms. The average molecular weight is 199 g/mol. The van der Waals surface area contributed by atoms with Gasteiger partial charge < -0.3 is 15.5 Å². The number of hydrogen-bond donors (Lipinski definition) is 1. The maximum atomic E-state index is 11.2. The van der Waals surface area contributed by atoms with E-state index in [0.717, 1.165) is 32.7 Å². The van der Waals surface area contributed by atoms with Crippen LogP contribution in [0.3, 0.4) is 0 Å². The van der Waals surface area contributed by atoms with E-state index in [-0.39, 0.29) is 11.9 Å². The van der Waals surface area contributed by atoms with Crippen LogP contribution in [0.15, 0.2) is 0 Å². The molecule has 0 aliphatic carbocycles. The van der Waals surface area contributed by atoms with Crippen LogP contribution in [0.2, 0.25) is 0 Å². The number of likely N-dealkylation sites (tertiary alicyclic amines) is 1. The second-order valence-electron chi connectivity index (χ2n) is 3.83. The topological polar surface area (TPSA) is 49.6 Å². The quantitative estimate of drug-likeness (QED) is 0.607. The molecule has 14 heavy (non-hydrogen) atoms. The predicted molar refractivity (Wildman–Crippen MR) is 57.0 cm³/mol. The first-order valence-electron chi connectivity index (χ1n) is 5.45. The number of amides is 1. The van der Waals surface area contributed by atoms with Crippen molar-refractivity contribution in [2.24, 2.45) is 5.73 Å². The van der Waals surface area contributed by atoms with Gasteiger partial charge in [-0.3, -0.25) is 4.79 Å². The van der Waals surface area contributed by atoms with Crippen molar-refractivity contribution in [3.05, 3.63) is 0 Å². The van der Waals surface area contributed by atoms with E-state index in [0.29, 0.717) is 0 Å². The van der Waals surface area contributed by atoms with Gasteiger partial charge in [0.05, 0.1) is 0 Å². The van der Waals surface area contributed by atoms with E-state index in [1.165, 1.54) is 6.42 Å². The lowest BCUT2D eigenvalue weighted by Crippen LogP contribution is -2.62. The molecule has 0 spiro atoms. The molecule has 1 saturated heterocycles. The predicted octanol–water partition coefficient (Wildman–Crippen LogP) is -0.112. The van der Waals surface area contributed by atoms with Gasteiger partial charge in [-0.1, -0.05) is 13.8 Å². The minimum atomic E-state index is -0.226. The van der Waals surface area contributed by atoms with Crippen LogP contribution < -0.4 is 5.73 Å². The van der Waals surface area contributed by atoms with E-state index in [1.54, 1.807) is 0 Å². The highest BCUT2D eigenvalue weighted by atomic mass is 16.2. The highest BCUT2D eigenvalue weighted by Gasteiger charge is 2.32. The van der Waals surface area contributed by atoms with Crippen LogP contribution >= 0.6 is 0 Å². The van der Waals surface area contributed by atoms with Gasteiger partial charge in [-0.15, -0.1) is 0 Å². The Morgan fingerprint density at radius 1 is 1.50 bits per heavy atom. The maximum absolute atomic E-state index is 11.2. The second-order valence-corrected chi connectivity index (χ2v) is 3.83. The van der Waals surface area contributed by atoms with Crippen LogP contribution in [0.1, 0.15) is 20.3 Å². The Hall–Kier alpha value is -0.610. The third kappa shape index (κ3) is 2.69. The largest absolute Gasteiger partial charge is 0.338 e. The zero-order chi connectivity index (χ0) is 10.6. The van der Waals surface area contributed by atoms with Gasteiger partial charge in [-0.25, -0.2) is 0 Å². The lowest BCUT2D eigenvalue weighted by atomic mass is 10.1. The van der Waals surface area contributed by atoms with Gasteiger partial charge in [0.2, 0.25) is 5.91 Å². The van der Waals surface area contributed by atoms with Gasteiger partial charge in [-0.2, -0.15) is 0 Å². The first-order chi connectivity index (χ1) is 6.69. The molecular weight excluding hydrogens is 178 g/mol. The minimum absolute atomic E-state index is 0.109. The molecular formula is C10H21N3O. The fourth-order valence-corrected chi connectivity index (χ4v) is 1.74. The third-order valence-electron chi connectivity index (χ3n) is 2.72. The van der Waals surface area contributed by atoms with E-state index < -0.39 is 0 Å². The molecule has 2 N–H and O–H groups in total. The standard InChI is InChI=1S/C10H21N3O/c1-3-5-12(4-2)6-7-13-8-9(11)10(13)14/h9H,3-8,11H2,1-2H3. The number of carbonyl (C=O) groups excluding carboxylic acids is 1. The van der Waals surface area contributed by atoms with E-state index >= 15 is 0 Å². The Bertz CT molecular complexity index is 196. The molecule has 82 valence electrons. The molecule has 1 fully saturated rings. The summed E-state index contributed by atoms with van der Waals surface area (Å²) >= 11 is 0. The molecule has 0 aromatic heterocycles. The summed E-state index contributed by atoms with van der Waals surface area (Å²) in [6.07, 6.45) is 1.17. The van der Waals surface area contributed by atoms with Crippen LogP contribution in [-0.4, -0.2) is 54.5 Å². The number of rotatable bonds is 6. The highest BCUT2D eigenvalue weighted by molar-refractivity contribution is 5.87. The Kier molecular flexibility index (Phi) is 4.35. The van der Waals surface area contributed by atoms with E-state index in [9.17, 15) is 4.79 Å². The summed E-state index contributed by atoms with van der Waals surface area (Å²) in [6.45, 7) is 9.05. The maximum Gasteiger partial charge on any atom is 0.241 e. The van der Waals surface area contributed by atoms with Crippen LogP contribution in [0.5, 0.6) is 0 Å². The SMILES string of the molecule is CCCN(CC)CCN1CC(N)C1=O. The Morgan fingerprint density at radius 3 is 2.64 bits per heavy atom. The molecule has 0 aromatic carbocycles. The molecule has 0 aromatic rings. The molecule has 0 saturated carbocycles. The molecule has 1 aliphatic rings. The Labute approximate surface area is 86.0 Å². The lowest BCUT2D eigenvalue weighted by Gasteiger charge is -2.37. The smallest absolute Gasteiger partial charge is 0.241 e. The number of carbonyl (C=O) groups is 1.